The Kier molecular flexibility index (Phi) is 12.5. The van der Waals surface area contributed by atoms with Gasteiger partial charge in [-0.3, -0.25) is 9.59 Å². The Morgan fingerprint density at radius 2 is 1.86 bits per heavy atom. The van der Waals surface area contributed by atoms with E-state index >= 15 is 0 Å². The summed E-state index contributed by atoms with van der Waals surface area (Å²) in [4.78, 5) is 25.6. The number of rotatable bonds is 13. The molecule has 200 valence electrons. The number of hydrazone groups is 1. The van der Waals surface area contributed by atoms with Gasteiger partial charge in [-0.25, -0.2) is 5.43 Å². The average molecular weight is 662 g/mol. The Balaban J connectivity index is 2.07. The Labute approximate surface area is 240 Å². The predicted molar refractivity (Wildman–Crippen MR) is 155 cm³/mol. The van der Waals surface area contributed by atoms with Crippen LogP contribution in [-0.4, -0.2) is 43.9 Å². The van der Waals surface area contributed by atoms with Gasteiger partial charge in [-0.15, -0.1) is 0 Å². The molecule has 37 heavy (non-hydrogen) atoms. The Bertz CT molecular complexity index is 1140. The van der Waals surface area contributed by atoms with Crippen LogP contribution in [0, 0.1) is 9.49 Å². The average Bonchev–Trinajstić information content (AvgIpc) is 2.83. The summed E-state index contributed by atoms with van der Waals surface area (Å²) in [6, 6.07) is 7.47. The van der Waals surface area contributed by atoms with Gasteiger partial charge in [-0.05, 0) is 77.7 Å². The summed E-state index contributed by atoms with van der Waals surface area (Å²) in [6.45, 7) is 9.46. The van der Waals surface area contributed by atoms with Gasteiger partial charge in [0.2, 0.25) is 0 Å². The summed E-state index contributed by atoms with van der Waals surface area (Å²) in [7, 11) is 1.54. The first kappa shape index (κ1) is 30.7. The molecule has 0 heterocycles. The second-order valence-corrected chi connectivity index (χ2v) is 10.4. The number of methoxy groups -OCH3 is 1. The molecule has 0 unspecified atom stereocenters. The van der Waals surface area contributed by atoms with Crippen molar-refractivity contribution in [3.8, 4) is 17.2 Å². The third-order valence-electron chi connectivity index (χ3n) is 4.89. The fourth-order valence-corrected chi connectivity index (χ4v) is 4.39. The quantitative estimate of drug-likeness (QED) is 0.126. The fourth-order valence-electron chi connectivity index (χ4n) is 3.15. The van der Waals surface area contributed by atoms with Crippen LogP contribution >= 0.6 is 45.8 Å². The number of hydrogen-bond donors (Lipinski definition) is 2. The van der Waals surface area contributed by atoms with Crippen LogP contribution in [0.2, 0.25) is 10.0 Å². The molecule has 0 saturated carbocycles. The molecule has 2 N–H and O–H groups in total. The summed E-state index contributed by atoms with van der Waals surface area (Å²) in [5, 5.41) is 7.54. The molecule has 0 fully saturated rings. The van der Waals surface area contributed by atoms with Crippen LogP contribution in [0.5, 0.6) is 17.2 Å². The number of carbonyl (C=O) groups is 2. The second-order valence-electron chi connectivity index (χ2n) is 8.39. The molecule has 2 amide bonds. The number of hydrogen-bond acceptors (Lipinski definition) is 6. The second kappa shape index (κ2) is 15.0. The van der Waals surface area contributed by atoms with E-state index in [4.69, 9.17) is 37.4 Å². The first-order valence-electron chi connectivity index (χ1n) is 11.4. The highest BCUT2D eigenvalue weighted by Crippen LogP contribution is 2.33. The van der Waals surface area contributed by atoms with Gasteiger partial charge in [-0.1, -0.05) is 49.7 Å². The van der Waals surface area contributed by atoms with E-state index in [0.29, 0.717) is 40.9 Å². The van der Waals surface area contributed by atoms with E-state index in [2.05, 4.69) is 45.0 Å². The zero-order chi connectivity index (χ0) is 27.5. The summed E-state index contributed by atoms with van der Waals surface area (Å²) in [6.07, 6.45) is 2.64. The van der Waals surface area contributed by atoms with Gasteiger partial charge in [0.25, 0.3) is 11.8 Å². The van der Waals surface area contributed by atoms with Crippen molar-refractivity contribution in [2.24, 2.45) is 11.0 Å². The SMILES string of the molecule is C=CCOc1c(I)cc(/C=N\NC(=O)[C@@H](CC(C)C)NC(=O)[C@H](C)Oc2ccc(Cl)cc2Cl)cc1OC. The van der Waals surface area contributed by atoms with Crippen molar-refractivity contribution in [2.45, 2.75) is 39.3 Å². The predicted octanol–water partition coefficient (Wildman–Crippen LogP) is 5.62. The van der Waals surface area contributed by atoms with Gasteiger partial charge in [0.1, 0.15) is 18.4 Å². The Hall–Kier alpha value is -2.50. The minimum Gasteiger partial charge on any atom is -0.493 e. The zero-order valence-corrected chi connectivity index (χ0v) is 24.7. The van der Waals surface area contributed by atoms with Gasteiger partial charge in [0.05, 0.1) is 21.9 Å². The molecule has 2 aromatic rings. The number of halogens is 3. The smallest absolute Gasteiger partial charge is 0.262 e. The highest BCUT2D eigenvalue weighted by molar-refractivity contribution is 14.1. The monoisotopic (exact) mass is 661 g/mol. The topological polar surface area (TPSA) is 98.2 Å². The lowest BCUT2D eigenvalue weighted by molar-refractivity contribution is -0.132. The van der Waals surface area contributed by atoms with Gasteiger partial charge >= 0.3 is 0 Å². The minimum atomic E-state index is -0.902. The third kappa shape index (κ3) is 9.71. The number of benzene rings is 2. The molecule has 11 heteroatoms. The summed E-state index contributed by atoms with van der Waals surface area (Å²) >= 11 is 14.2. The molecule has 0 aliphatic heterocycles. The maximum absolute atomic E-state index is 12.9. The van der Waals surface area contributed by atoms with Crippen LogP contribution in [0.4, 0.5) is 0 Å². The highest BCUT2D eigenvalue weighted by Gasteiger charge is 2.25. The van der Waals surface area contributed by atoms with Crippen molar-refractivity contribution in [2.75, 3.05) is 13.7 Å². The summed E-state index contributed by atoms with van der Waals surface area (Å²) < 4.78 is 17.5. The normalized spacial score (nSPS) is 12.6. The van der Waals surface area contributed by atoms with Crippen LogP contribution in [0.3, 0.4) is 0 Å². The van der Waals surface area contributed by atoms with Crippen molar-refractivity contribution in [3.63, 3.8) is 0 Å². The zero-order valence-electron chi connectivity index (χ0n) is 21.0. The first-order valence-corrected chi connectivity index (χ1v) is 13.2. The van der Waals surface area contributed by atoms with Crippen LogP contribution in [0.15, 0.2) is 48.1 Å². The van der Waals surface area contributed by atoms with E-state index in [1.807, 2.05) is 19.9 Å². The fraction of sp³-hybridized carbons (Fsp3) is 0.346. The van der Waals surface area contributed by atoms with Crippen molar-refractivity contribution < 1.29 is 23.8 Å². The number of ether oxygens (including phenoxy) is 3. The number of amides is 2. The lowest BCUT2D eigenvalue weighted by Crippen LogP contribution is -2.49. The van der Waals surface area contributed by atoms with Crippen LogP contribution in [0.25, 0.3) is 0 Å². The molecule has 2 aromatic carbocycles. The third-order valence-corrected chi connectivity index (χ3v) is 6.22. The molecule has 0 aliphatic carbocycles. The van der Waals surface area contributed by atoms with E-state index in [1.165, 1.54) is 12.3 Å². The van der Waals surface area contributed by atoms with Crippen molar-refractivity contribution in [1.82, 2.24) is 10.7 Å². The van der Waals surface area contributed by atoms with Gasteiger partial charge < -0.3 is 19.5 Å². The maximum Gasteiger partial charge on any atom is 0.262 e. The van der Waals surface area contributed by atoms with Gasteiger partial charge in [0, 0.05) is 5.02 Å². The largest absolute Gasteiger partial charge is 0.493 e. The lowest BCUT2D eigenvalue weighted by atomic mass is 10.0. The minimum absolute atomic E-state index is 0.135. The first-order chi connectivity index (χ1) is 17.5. The molecule has 0 aromatic heterocycles. The summed E-state index contributed by atoms with van der Waals surface area (Å²) in [5.41, 5.74) is 3.20. The van der Waals surface area contributed by atoms with Crippen molar-refractivity contribution in [1.29, 1.82) is 0 Å². The lowest BCUT2D eigenvalue weighted by Gasteiger charge is -2.22. The van der Waals surface area contributed by atoms with Crippen LogP contribution < -0.4 is 25.0 Å². The molecular weight excluding hydrogens is 632 g/mol. The Morgan fingerprint density at radius 1 is 1.14 bits per heavy atom. The van der Waals surface area contributed by atoms with E-state index in [9.17, 15) is 9.59 Å². The molecule has 0 spiro atoms. The van der Waals surface area contributed by atoms with E-state index in [1.54, 1.807) is 38.3 Å². The summed E-state index contributed by atoms with van der Waals surface area (Å²) in [5.74, 6) is 0.652. The molecule has 0 bridgehead atoms. The standard InChI is InChI=1S/C26H30Cl2IN3O5/c1-6-9-36-24-20(29)11-17(12-23(24)35-5)14-30-32-26(34)21(10-15(2)3)31-25(33)16(4)37-22-8-7-18(27)13-19(22)28/h6-8,11-16,21H,1,9-10H2,2-5H3,(H,31,33)(H,32,34)/b30-14-/t16-,21+/m0/s1. The van der Waals surface area contributed by atoms with Crippen LogP contribution in [0.1, 0.15) is 32.8 Å². The van der Waals surface area contributed by atoms with E-state index in [0.717, 1.165) is 3.57 Å². The molecule has 0 aliphatic rings. The van der Waals surface area contributed by atoms with E-state index in [-0.39, 0.29) is 10.9 Å². The van der Waals surface area contributed by atoms with Crippen LogP contribution in [-0.2, 0) is 9.59 Å². The van der Waals surface area contributed by atoms with Gasteiger partial charge in [-0.2, -0.15) is 5.10 Å². The van der Waals surface area contributed by atoms with Gasteiger partial charge in [0.15, 0.2) is 17.6 Å². The van der Waals surface area contributed by atoms with Crippen molar-refractivity contribution in [3.05, 3.63) is 62.2 Å². The molecule has 8 nitrogen and oxygen atoms in total. The van der Waals surface area contributed by atoms with Crippen molar-refractivity contribution >= 4 is 63.8 Å². The molecule has 2 rings (SSSR count). The number of carbonyl (C=O) groups excluding carboxylic acids is 2. The number of nitrogens with zero attached hydrogens (tertiary/aromatic N) is 1. The molecule has 0 saturated heterocycles. The maximum atomic E-state index is 12.9. The molecule has 2 atom stereocenters. The highest BCUT2D eigenvalue weighted by atomic mass is 127. The van der Waals surface area contributed by atoms with E-state index < -0.39 is 24.0 Å². The Morgan fingerprint density at radius 3 is 2.49 bits per heavy atom. The molecular formula is C26H30Cl2IN3O5. The number of nitrogens with one attached hydrogen (secondary N) is 2. The molecule has 0 radical (unpaired) electrons.